The number of aromatic nitrogens is 2. The minimum atomic E-state index is -1.00. The maximum Gasteiger partial charge on any atom is 0.345 e. The van der Waals surface area contributed by atoms with Gasteiger partial charge in [0.15, 0.2) is 6.10 Å². The van der Waals surface area contributed by atoms with E-state index in [1.54, 1.807) is 18.5 Å². The minimum absolute atomic E-state index is 0.111. The summed E-state index contributed by atoms with van der Waals surface area (Å²) in [6.45, 7) is 2.48. The molecule has 0 aliphatic carbocycles. The first-order chi connectivity index (χ1) is 16.5. The van der Waals surface area contributed by atoms with E-state index in [4.69, 9.17) is 4.74 Å². The van der Waals surface area contributed by atoms with Crippen LogP contribution in [0.5, 0.6) is 5.75 Å². The molecule has 176 valence electrons. The number of nitrogens with one attached hydrogen (secondary N) is 2. The summed E-state index contributed by atoms with van der Waals surface area (Å²) >= 11 is 0. The molecule has 2 heterocycles. The Kier molecular flexibility index (Phi) is 7.57. The number of carboxylic acid groups (broad SMARTS) is 1. The van der Waals surface area contributed by atoms with Crippen LogP contribution in [0.15, 0.2) is 79.3 Å². The lowest BCUT2D eigenvalue weighted by Crippen LogP contribution is -2.32. The third-order valence-corrected chi connectivity index (χ3v) is 5.83. The Balaban J connectivity index is 1.43. The predicted octanol–water partition coefficient (Wildman–Crippen LogP) is 3.89. The lowest BCUT2D eigenvalue weighted by atomic mass is 10.0. The van der Waals surface area contributed by atoms with Gasteiger partial charge in [-0.05, 0) is 36.6 Å². The first-order valence-corrected chi connectivity index (χ1v) is 11.3. The number of hydrogen-bond acceptors (Lipinski definition) is 5. The van der Waals surface area contributed by atoms with Gasteiger partial charge in [-0.2, -0.15) is 0 Å². The zero-order chi connectivity index (χ0) is 23.9. The van der Waals surface area contributed by atoms with Crippen molar-refractivity contribution in [2.24, 2.45) is 0 Å². The van der Waals surface area contributed by atoms with Crippen molar-refractivity contribution in [3.8, 4) is 5.75 Å². The van der Waals surface area contributed by atoms with Crippen LogP contribution < -0.4 is 10.1 Å². The topological polar surface area (TPSA) is 107 Å². The predicted molar refractivity (Wildman–Crippen MR) is 131 cm³/mol. The number of fused-ring (bicyclic) bond motifs is 1. The van der Waals surface area contributed by atoms with Gasteiger partial charge in [-0.3, -0.25) is 4.98 Å². The molecule has 4 rings (SSSR count). The van der Waals surface area contributed by atoms with E-state index in [1.807, 2.05) is 60.8 Å². The van der Waals surface area contributed by atoms with Gasteiger partial charge in [0, 0.05) is 48.5 Å². The number of pyridine rings is 1. The highest BCUT2D eigenvalue weighted by Crippen LogP contribution is 2.29. The van der Waals surface area contributed by atoms with Crippen molar-refractivity contribution >= 4 is 16.9 Å². The molecule has 0 spiro atoms. The van der Waals surface area contributed by atoms with E-state index in [-0.39, 0.29) is 12.5 Å². The van der Waals surface area contributed by atoms with Gasteiger partial charge in [0.05, 0.1) is 11.6 Å². The minimum Gasteiger partial charge on any atom is -0.478 e. The van der Waals surface area contributed by atoms with Crippen molar-refractivity contribution in [1.82, 2.24) is 15.3 Å². The second-order valence-corrected chi connectivity index (χ2v) is 8.44. The van der Waals surface area contributed by atoms with Crippen LogP contribution in [0.4, 0.5) is 0 Å². The summed E-state index contributed by atoms with van der Waals surface area (Å²) < 4.78 is 5.95. The molecular weight excluding hydrogens is 430 g/mol. The Labute approximate surface area is 198 Å². The number of para-hydroxylation sites is 1. The summed E-state index contributed by atoms with van der Waals surface area (Å²) in [6, 6.07) is 18.9. The summed E-state index contributed by atoms with van der Waals surface area (Å²) in [6.07, 6.45) is 4.67. The van der Waals surface area contributed by atoms with Gasteiger partial charge in [-0.25, -0.2) is 4.79 Å². The third kappa shape index (κ3) is 5.81. The molecule has 0 amide bonds. The van der Waals surface area contributed by atoms with Crippen LogP contribution in [-0.4, -0.2) is 44.8 Å². The Hall–Kier alpha value is -3.68. The van der Waals surface area contributed by atoms with Crippen molar-refractivity contribution in [2.45, 2.75) is 38.0 Å². The van der Waals surface area contributed by atoms with Crippen molar-refractivity contribution in [3.05, 3.63) is 95.9 Å². The quantitative estimate of drug-likeness (QED) is 0.271. The Bertz CT molecular complexity index is 1210. The monoisotopic (exact) mass is 459 g/mol. The number of aliphatic hydroxyl groups is 1. The van der Waals surface area contributed by atoms with E-state index < -0.39 is 18.2 Å². The van der Waals surface area contributed by atoms with E-state index in [0.717, 1.165) is 34.0 Å². The fraction of sp³-hybridized carbons (Fsp3) is 0.259. The normalized spacial score (nSPS) is 13.9. The summed E-state index contributed by atoms with van der Waals surface area (Å²) in [4.78, 5) is 19.2. The van der Waals surface area contributed by atoms with Gasteiger partial charge in [-0.15, -0.1) is 0 Å². The summed E-state index contributed by atoms with van der Waals surface area (Å²) in [5.74, 6) is -0.489. The lowest BCUT2D eigenvalue weighted by Gasteiger charge is -2.17. The molecule has 7 heteroatoms. The highest BCUT2D eigenvalue weighted by molar-refractivity contribution is 5.88. The van der Waals surface area contributed by atoms with Crippen LogP contribution in [-0.2, 0) is 17.6 Å². The Morgan fingerprint density at radius 2 is 1.91 bits per heavy atom. The molecule has 0 fully saturated rings. The number of rotatable bonds is 11. The third-order valence-electron chi connectivity index (χ3n) is 5.83. The van der Waals surface area contributed by atoms with E-state index in [0.29, 0.717) is 12.3 Å². The molecule has 34 heavy (non-hydrogen) atoms. The highest BCUT2D eigenvalue weighted by Gasteiger charge is 2.22. The van der Waals surface area contributed by atoms with Crippen molar-refractivity contribution < 1.29 is 19.7 Å². The molecular formula is C27H29N3O4. The molecule has 0 saturated heterocycles. The molecule has 7 nitrogen and oxygen atoms in total. The zero-order valence-electron chi connectivity index (χ0n) is 19.0. The molecule has 0 aliphatic heterocycles. The molecule has 2 aromatic carbocycles. The van der Waals surface area contributed by atoms with Crippen LogP contribution in [0.1, 0.15) is 29.7 Å². The highest BCUT2D eigenvalue weighted by atomic mass is 16.5. The number of ether oxygens (including phenoxy) is 1. The lowest BCUT2D eigenvalue weighted by molar-refractivity contribution is -0.144. The Morgan fingerprint density at radius 1 is 1.09 bits per heavy atom. The maximum absolute atomic E-state index is 11.9. The molecule has 3 atom stereocenters. The second kappa shape index (κ2) is 11.0. The zero-order valence-corrected chi connectivity index (χ0v) is 19.0. The number of benzene rings is 2. The number of carbonyl (C=O) groups is 1. The average molecular weight is 460 g/mol. The molecule has 2 aromatic heterocycles. The number of nitrogens with zero attached hydrogens (tertiary/aromatic N) is 1. The fourth-order valence-electron chi connectivity index (χ4n) is 4.02. The number of aromatic amines is 1. The summed E-state index contributed by atoms with van der Waals surface area (Å²) in [7, 11) is 0. The van der Waals surface area contributed by atoms with Gasteiger partial charge in [0.2, 0.25) is 0 Å². The van der Waals surface area contributed by atoms with Crippen LogP contribution in [0.2, 0.25) is 0 Å². The van der Waals surface area contributed by atoms with Crippen molar-refractivity contribution in [3.63, 3.8) is 0 Å². The fourth-order valence-corrected chi connectivity index (χ4v) is 4.02. The molecule has 0 radical (unpaired) electrons. The summed E-state index contributed by atoms with van der Waals surface area (Å²) in [5.41, 5.74) is 3.55. The molecule has 0 bridgehead atoms. The van der Waals surface area contributed by atoms with Crippen LogP contribution in [0, 0.1) is 0 Å². The number of hydrogen-bond donors (Lipinski definition) is 4. The van der Waals surface area contributed by atoms with E-state index in [2.05, 4.69) is 22.2 Å². The van der Waals surface area contributed by atoms with E-state index >= 15 is 0 Å². The van der Waals surface area contributed by atoms with Gasteiger partial charge < -0.3 is 25.3 Å². The first kappa shape index (κ1) is 23.5. The van der Waals surface area contributed by atoms with Crippen LogP contribution in [0.3, 0.4) is 0 Å². The number of aliphatic carboxylic acids is 1. The molecule has 4 N–H and O–H groups in total. The van der Waals surface area contributed by atoms with Crippen LogP contribution in [0.25, 0.3) is 10.9 Å². The van der Waals surface area contributed by atoms with Crippen molar-refractivity contribution in [1.29, 1.82) is 0 Å². The van der Waals surface area contributed by atoms with Gasteiger partial charge >= 0.3 is 5.97 Å². The standard InChI is InChI=1S/C27H29N3O4/c1-18(29-17-23(31)20-9-6-12-28-15-20)13-21-16-30-26-22(21)10-5-11-24(26)34-25(27(32)33)14-19-7-3-2-4-8-19/h2-12,15-16,18,23,25,29-31H,13-14,17H2,1H3,(H,32,33)/t18-,23-,25+/m1/s1. The average Bonchev–Trinajstić information content (AvgIpc) is 3.26. The van der Waals surface area contributed by atoms with Crippen LogP contribution >= 0.6 is 0 Å². The molecule has 0 saturated carbocycles. The largest absolute Gasteiger partial charge is 0.478 e. The number of aliphatic hydroxyl groups excluding tert-OH is 1. The first-order valence-electron chi connectivity index (χ1n) is 11.3. The maximum atomic E-state index is 11.9. The second-order valence-electron chi connectivity index (χ2n) is 8.44. The SMILES string of the molecule is C[C@H](Cc1c[nH]c2c(O[C@@H](Cc3ccccc3)C(=O)O)cccc12)NC[C@@H](O)c1cccnc1. The van der Waals surface area contributed by atoms with Crippen molar-refractivity contribution in [2.75, 3.05) is 6.54 Å². The van der Waals surface area contributed by atoms with Gasteiger partial charge in [-0.1, -0.05) is 48.5 Å². The number of H-pyrrole nitrogens is 1. The van der Waals surface area contributed by atoms with E-state index in [9.17, 15) is 15.0 Å². The smallest absolute Gasteiger partial charge is 0.345 e. The Morgan fingerprint density at radius 3 is 2.65 bits per heavy atom. The van der Waals surface area contributed by atoms with E-state index in [1.165, 1.54) is 0 Å². The van der Waals surface area contributed by atoms with Gasteiger partial charge in [0.25, 0.3) is 0 Å². The van der Waals surface area contributed by atoms with Gasteiger partial charge in [0.1, 0.15) is 5.75 Å². The molecule has 4 aromatic rings. The molecule has 0 aliphatic rings. The summed E-state index contributed by atoms with van der Waals surface area (Å²) in [5, 5.41) is 24.4. The number of carboxylic acids is 1. The molecule has 0 unspecified atom stereocenters.